The topological polar surface area (TPSA) is 71.4 Å². The monoisotopic (exact) mass is 468 g/mol. The molecule has 5 rings (SSSR count). The molecule has 4 heteroatoms. The molecule has 0 amide bonds. The molecular weight excluding hydrogens is 436 g/mol. The molecule has 1 N–H and O–H groups in total. The Morgan fingerprint density at radius 2 is 1.23 bits per heavy atom. The van der Waals surface area contributed by atoms with Crippen molar-refractivity contribution < 1.29 is 19.5 Å². The van der Waals surface area contributed by atoms with Gasteiger partial charge in [0.15, 0.2) is 5.78 Å². The molecular formula is C31H32O4. The molecule has 0 aromatic heterocycles. The van der Waals surface area contributed by atoms with Gasteiger partial charge in [0, 0.05) is 37.2 Å². The Morgan fingerprint density at radius 1 is 0.743 bits per heavy atom. The average Bonchev–Trinajstić information content (AvgIpc) is 2.74. The number of Topliss-reactive ketones (excluding diaryl/α,β-unsaturated/α-hetero) is 3. The minimum Gasteiger partial charge on any atom is -0.512 e. The molecule has 180 valence electrons. The Morgan fingerprint density at radius 3 is 1.74 bits per heavy atom. The lowest BCUT2D eigenvalue weighted by molar-refractivity contribution is -0.140. The normalized spacial score (nSPS) is 21.7. The van der Waals surface area contributed by atoms with Gasteiger partial charge in [-0.05, 0) is 44.0 Å². The highest BCUT2D eigenvalue weighted by atomic mass is 16.3. The van der Waals surface area contributed by atoms with Gasteiger partial charge in [-0.2, -0.15) is 0 Å². The predicted molar refractivity (Wildman–Crippen MR) is 138 cm³/mol. The Hall–Kier alpha value is -3.27. The van der Waals surface area contributed by atoms with Crippen LogP contribution in [0.2, 0.25) is 0 Å². The number of hydrogen-bond donors (Lipinski definition) is 1. The third-order valence-corrected chi connectivity index (χ3v) is 7.66. The summed E-state index contributed by atoms with van der Waals surface area (Å²) in [6.07, 6.45) is 1.16. The minimum atomic E-state index is -0.987. The Bertz CT molecular complexity index is 1350. The summed E-state index contributed by atoms with van der Waals surface area (Å²) in [5, 5.41) is 15.1. The molecule has 35 heavy (non-hydrogen) atoms. The van der Waals surface area contributed by atoms with Crippen molar-refractivity contribution in [3.8, 4) is 0 Å². The van der Waals surface area contributed by atoms with Crippen molar-refractivity contribution in [3.05, 3.63) is 71.5 Å². The SMILES string of the molecule is CC1(C)CC(=O)C([C@@H](C2=C(O)CC(C)(C)CC2=O)c2c3ccccc3cc3ccccc23)C(=O)C1. The number of aliphatic hydroxyl groups is 1. The highest BCUT2D eigenvalue weighted by molar-refractivity contribution is 6.12. The summed E-state index contributed by atoms with van der Waals surface area (Å²) >= 11 is 0. The highest BCUT2D eigenvalue weighted by Gasteiger charge is 2.49. The quantitative estimate of drug-likeness (QED) is 0.337. The number of fused-ring (bicyclic) bond motifs is 2. The van der Waals surface area contributed by atoms with E-state index in [9.17, 15) is 19.5 Å². The standard InChI is InChI=1S/C31H32O4/c1-30(2)14-22(32)27(23(33)15-30)29(28-24(34)16-31(3,4)17-25(28)35)26-20-11-7-5-9-18(20)13-19-10-6-8-12-21(19)26/h5-13,27,29,34H,14-17H2,1-4H3/t29-/m0/s1. The number of carbonyl (C=O) groups is 3. The summed E-state index contributed by atoms with van der Waals surface area (Å²) in [6, 6.07) is 17.9. The molecule has 2 aliphatic carbocycles. The number of ketones is 3. The molecule has 1 atom stereocenters. The highest BCUT2D eigenvalue weighted by Crippen LogP contribution is 2.50. The maximum absolute atomic E-state index is 13.7. The van der Waals surface area contributed by atoms with E-state index < -0.39 is 17.3 Å². The van der Waals surface area contributed by atoms with Crippen LogP contribution in [0.3, 0.4) is 0 Å². The molecule has 0 spiro atoms. The van der Waals surface area contributed by atoms with Gasteiger partial charge in [-0.15, -0.1) is 0 Å². The first-order chi connectivity index (χ1) is 16.5. The average molecular weight is 469 g/mol. The van der Waals surface area contributed by atoms with Gasteiger partial charge < -0.3 is 5.11 Å². The molecule has 0 radical (unpaired) electrons. The molecule has 0 aliphatic heterocycles. The van der Waals surface area contributed by atoms with E-state index >= 15 is 0 Å². The van der Waals surface area contributed by atoms with Gasteiger partial charge in [0.1, 0.15) is 17.3 Å². The molecule has 1 saturated carbocycles. The van der Waals surface area contributed by atoms with Gasteiger partial charge in [-0.3, -0.25) is 14.4 Å². The van der Waals surface area contributed by atoms with Crippen LogP contribution in [0.25, 0.3) is 21.5 Å². The maximum atomic E-state index is 13.7. The van der Waals surface area contributed by atoms with E-state index in [1.54, 1.807) is 0 Å². The molecule has 0 saturated heterocycles. The fourth-order valence-electron chi connectivity index (χ4n) is 6.29. The number of aliphatic hydroxyl groups excluding tert-OH is 1. The van der Waals surface area contributed by atoms with Crippen molar-refractivity contribution in [1.82, 2.24) is 0 Å². The van der Waals surface area contributed by atoms with E-state index in [4.69, 9.17) is 0 Å². The fourth-order valence-corrected chi connectivity index (χ4v) is 6.29. The second-order valence-corrected chi connectivity index (χ2v) is 11.9. The lowest BCUT2D eigenvalue weighted by Gasteiger charge is -2.39. The Labute approximate surface area is 206 Å². The second kappa shape index (κ2) is 8.15. The van der Waals surface area contributed by atoms with Crippen LogP contribution in [0.4, 0.5) is 0 Å². The van der Waals surface area contributed by atoms with E-state index in [2.05, 4.69) is 6.07 Å². The maximum Gasteiger partial charge on any atom is 0.163 e. The minimum absolute atomic E-state index is 0.0127. The van der Waals surface area contributed by atoms with E-state index in [-0.39, 0.29) is 53.4 Å². The van der Waals surface area contributed by atoms with Crippen molar-refractivity contribution in [3.63, 3.8) is 0 Å². The molecule has 3 aromatic carbocycles. The zero-order valence-electron chi connectivity index (χ0n) is 20.9. The van der Waals surface area contributed by atoms with Crippen LogP contribution < -0.4 is 0 Å². The number of carbonyl (C=O) groups excluding carboxylic acids is 3. The summed E-state index contributed by atoms with van der Waals surface area (Å²) in [5.74, 6) is -2.26. The molecule has 0 heterocycles. The van der Waals surface area contributed by atoms with Gasteiger partial charge >= 0.3 is 0 Å². The summed E-state index contributed by atoms with van der Waals surface area (Å²) in [6.45, 7) is 7.79. The van der Waals surface area contributed by atoms with Crippen LogP contribution in [0.15, 0.2) is 65.9 Å². The van der Waals surface area contributed by atoms with Crippen LogP contribution in [-0.4, -0.2) is 22.5 Å². The van der Waals surface area contributed by atoms with E-state index in [0.29, 0.717) is 6.42 Å². The molecule has 4 nitrogen and oxygen atoms in total. The lowest BCUT2D eigenvalue weighted by Crippen LogP contribution is -2.43. The third-order valence-electron chi connectivity index (χ3n) is 7.66. The Kier molecular flexibility index (Phi) is 5.47. The number of hydrogen-bond acceptors (Lipinski definition) is 4. The third kappa shape index (κ3) is 4.09. The van der Waals surface area contributed by atoms with Crippen LogP contribution >= 0.6 is 0 Å². The first kappa shape index (κ1) is 23.5. The zero-order valence-corrected chi connectivity index (χ0v) is 20.9. The lowest BCUT2D eigenvalue weighted by atomic mass is 9.62. The summed E-state index contributed by atoms with van der Waals surface area (Å²) in [5.41, 5.74) is 0.251. The van der Waals surface area contributed by atoms with Crippen LogP contribution in [0.5, 0.6) is 0 Å². The smallest absolute Gasteiger partial charge is 0.163 e. The van der Waals surface area contributed by atoms with Crippen molar-refractivity contribution in [1.29, 1.82) is 0 Å². The number of rotatable bonds is 3. The summed E-state index contributed by atoms with van der Waals surface area (Å²) in [4.78, 5) is 41.0. The number of allylic oxidation sites excluding steroid dienone is 2. The molecule has 1 fully saturated rings. The van der Waals surface area contributed by atoms with E-state index in [1.165, 1.54) is 0 Å². The molecule has 0 unspecified atom stereocenters. The first-order valence-electron chi connectivity index (χ1n) is 12.4. The van der Waals surface area contributed by atoms with E-state index in [1.807, 2.05) is 76.2 Å². The molecule has 2 aliphatic rings. The van der Waals surface area contributed by atoms with Crippen molar-refractivity contribution >= 4 is 38.9 Å². The zero-order chi connectivity index (χ0) is 25.1. The van der Waals surface area contributed by atoms with Crippen LogP contribution in [-0.2, 0) is 14.4 Å². The molecule has 0 bridgehead atoms. The summed E-state index contributed by atoms with van der Waals surface area (Å²) < 4.78 is 0. The van der Waals surface area contributed by atoms with Crippen molar-refractivity contribution in [2.75, 3.05) is 0 Å². The Balaban J connectivity index is 1.86. The van der Waals surface area contributed by atoms with Crippen LogP contribution in [0, 0.1) is 16.7 Å². The number of benzene rings is 3. The van der Waals surface area contributed by atoms with Gasteiger partial charge in [-0.25, -0.2) is 0 Å². The van der Waals surface area contributed by atoms with Crippen molar-refractivity contribution in [2.24, 2.45) is 16.7 Å². The van der Waals surface area contributed by atoms with E-state index in [0.717, 1.165) is 27.1 Å². The van der Waals surface area contributed by atoms with Crippen LogP contribution in [0.1, 0.15) is 64.9 Å². The van der Waals surface area contributed by atoms with Gasteiger partial charge in [0.05, 0.1) is 5.92 Å². The van der Waals surface area contributed by atoms with Gasteiger partial charge in [0.25, 0.3) is 0 Å². The fraction of sp³-hybridized carbons (Fsp3) is 0.387. The van der Waals surface area contributed by atoms with Gasteiger partial charge in [-0.1, -0.05) is 76.2 Å². The second-order valence-electron chi connectivity index (χ2n) is 11.9. The largest absolute Gasteiger partial charge is 0.512 e. The summed E-state index contributed by atoms with van der Waals surface area (Å²) in [7, 11) is 0. The predicted octanol–water partition coefficient (Wildman–Crippen LogP) is 6.85. The molecule has 3 aromatic rings. The van der Waals surface area contributed by atoms with Crippen molar-refractivity contribution in [2.45, 2.75) is 59.3 Å². The first-order valence-corrected chi connectivity index (χ1v) is 12.4. The van der Waals surface area contributed by atoms with Gasteiger partial charge in [0.2, 0.25) is 0 Å².